The van der Waals surface area contributed by atoms with Crippen molar-refractivity contribution in [2.75, 3.05) is 13.1 Å². The van der Waals surface area contributed by atoms with Gasteiger partial charge in [0.05, 0.1) is 5.69 Å². The van der Waals surface area contributed by atoms with Crippen molar-refractivity contribution in [1.29, 1.82) is 0 Å². The van der Waals surface area contributed by atoms with E-state index in [0.29, 0.717) is 5.92 Å². The van der Waals surface area contributed by atoms with Gasteiger partial charge in [-0.2, -0.15) is 4.68 Å². The smallest absolute Gasteiger partial charge is 0.157 e. The highest BCUT2D eigenvalue weighted by Gasteiger charge is 2.15. The average molecular weight is 287 g/mol. The number of tetrazole rings is 1. The molecule has 114 valence electrons. The van der Waals surface area contributed by atoms with Gasteiger partial charge in [-0.1, -0.05) is 38.5 Å². The lowest BCUT2D eigenvalue weighted by atomic mass is 9.99. The first kappa shape index (κ1) is 15.6. The largest absolute Gasteiger partial charge is 0.316 e. The summed E-state index contributed by atoms with van der Waals surface area (Å²) < 4.78 is 1.85. The Morgan fingerprint density at radius 1 is 1.14 bits per heavy atom. The molecule has 0 bridgehead atoms. The molecule has 1 N–H and O–H groups in total. The molecule has 1 aromatic heterocycles. The highest BCUT2D eigenvalue weighted by atomic mass is 15.5. The van der Waals surface area contributed by atoms with E-state index in [0.717, 1.165) is 31.0 Å². The van der Waals surface area contributed by atoms with Crippen LogP contribution in [0.1, 0.15) is 38.9 Å². The van der Waals surface area contributed by atoms with Gasteiger partial charge < -0.3 is 5.32 Å². The molecular weight excluding hydrogens is 262 g/mol. The summed E-state index contributed by atoms with van der Waals surface area (Å²) in [5, 5.41) is 15.7. The second kappa shape index (κ2) is 8.52. The molecule has 1 aromatic carbocycles. The second-order valence-corrected chi connectivity index (χ2v) is 5.41. The van der Waals surface area contributed by atoms with E-state index in [1.54, 1.807) is 0 Å². The van der Waals surface area contributed by atoms with Crippen LogP contribution in [0.4, 0.5) is 0 Å². The molecule has 1 heterocycles. The molecule has 2 aromatic rings. The maximum atomic E-state index is 4.22. The number of nitrogens with one attached hydrogen (secondary N) is 1. The second-order valence-electron chi connectivity index (χ2n) is 5.41. The number of rotatable bonds is 9. The van der Waals surface area contributed by atoms with Gasteiger partial charge in [0.15, 0.2) is 5.82 Å². The predicted octanol–water partition coefficient (Wildman–Crippen LogP) is 2.62. The zero-order valence-electron chi connectivity index (χ0n) is 13.0. The number of benzene rings is 1. The first-order chi connectivity index (χ1) is 10.3. The molecule has 0 spiro atoms. The van der Waals surface area contributed by atoms with Gasteiger partial charge >= 0.3 is 0 Å². The van der Waals surface area contributed by atoms with Crippen molar-refractivity contribution in [3.8, 4) is 5.69 Å². The summed E-state index contributed by atoms with van der Waals surface area (Å²) in [7, 11) is 0. The average Bonchev–Trinajstić information content (AvgIpc) is 2.97. The fraction of sp³-hybridized carbons (Fsp3) is 0.562. The van der Waals surface area contributed by atoms with Crippen LogP contribution in [0, 0.1) is 5.92 Å². The van der Waals surface area contributed by atoms with Gasteiger partial charge in [0.2, 0.25) is 0 Å². The van der Waals surface area contributed by atoms with Gasteiger partial charge in [0, 0.05) is 6.42 Å². The van der Waals surface area contributed by atoms with E-state index in [1.807, 2.05) is 35.0 Å². The molecule has 2 rings (SSSR count). The molecule has 0 radical (unpaired) electrons. The SMILES string of the molecule is CCCNCC(CCC)Cc1nnnn1-c1ccccc1. The van der Waals surface area contributed by atoms with E-state index in [-0.39, 0.29) is 0 Å². The van der Waals surface area contributed by atoms with Gasteiger partial charge in [-0.15, -0.1) is 5.10 Å². The van der Waals surface area contributed by atoms with Crippen LogP contribution in [-0.4, -0.2) is 33.3 Å². The lowest BCUT2D eigenvalue weighted by Gasteiger charge is -2.16. The molecule has 0 aliphatic carbocycles. The highest BCUT2D eigenvalue weighted by Crippen LogP contribution is 2.14. The van der Waals surface area contributed by atoms with Crippen LogP contribution in [0.5, 0.6) is 0 Å². The summed E-state index contributed by atoms with van der Waals surface area (Å²) in [6, 6.07) is 10.1. The Morgan fingerprint density at radius 3 is 2.67 bits per heavy atom. The molecular formula is C16H25N5. The molecule has 0 saturated heterocycles. The van der Waals surface area contributed by atoms with Crippen molar-refractivity contribution in [3.05, 3.63) is 36.2 Å². The highest BCUT2D eigenvalue weighted by molar-refractivity contribution is 5.30. The Hall–Kier alpha value is -1.75. The Bertz CT molecular complexity index is 508. The first-order valence-corrected chi connectivity index (χ1v) is 7.88. The topological polar surface area (TPSA) is 55.6 Å². The van der Waals surface area contributed by atoms with Crippen LogP contribution >= 0.6 is 0 Å². The number of aromatic nitrogens is 4. The molecule has 0 aliphatic rings. The molecule has 5 heteroatoms. The maximum Gasteiger partial charge on any atom is 0.157 e. The van der Waals surface area contributed by atoms with E-state index < -0.39 is 0 Å². The van der Waals surface area contributed by atoms with Crippen molar-refractivity contribution in [2.45, 2.75) is 39.5 Å². The minimum absolute atomic E-state index is 0.579. The fourth-order valence-corrected chi connectivity index (χ4v) is 2.53. The Morgan fingerprint density at radius 2 is 1.95 bits per heavy atom. The number of hydrogen-bond donors (Lipinski definition) is 1. The van der Waals surface area contributed by atoms with E-state index in [4.69, 9.17) is 0 Å². The summed E-state index contributed by atoms with van der Waals surface area (Å²) in [6.45, 7) is 6.53. The minimum Gasteiger partial charge on any atom is -0.316 e. The predicted molar refractivity (Wildman–Crippen MR) is 84.4 cm³/mol. The summed E-state index contributed by atoms with van der Waals surface area (Å²) in [5.41, 5.74) is 1.02. The standard InChI is InChI=1S/C16H25N5/c1-3-8-14(13-17-11-4-2)12-16-18-19-20-21(16)15-9-6-5-7-10-15/h5-7,9-10,14,17H,3-4,8,11-13H2,1-2H3. The first-order valence-electron chi connectivity index (χ1n) is 7.88. The summed E-state index contributed by atoms with van der Waals surface area (Å²) in [4.78, 5) is 0. The van der Waals surface area contributed by atoms with E-state index in [1.165, 1.54) is 19.3 Å². The molecule has 21 heavy (non-hydrogen) atoms. The lowest BCUT2D eigenvalue weighted by Crippen LogP contribution is -2.26. The molecule has 1 unspecified atom stereocenters. The van der Waals surface area contributed by atoms with Crippen molar-refractivity contribution < 1.29 is 0 Å². The summed E-state index contributed by atoms with van der Waals surface area (Å²) in [6.07, 6.45) is 4.46. The van der Waals surface area contributed by atoms with E-state index in [2.05, 4.69) is 34.7 Å². The maximum absolute atomic E-state index is 4.22. The number of hydrogen-bond acceptors (Lipinski definition) is 4. The van der Waals surface area contributed by atoms with Crippen LogP contribution in [0.3, 0.4) is 0 Å². The van der Waals surface area contributed by atoms with Crippen molar-refractivity contribution in [2.24, 2.45) is 5.92 Å². The molecule has 0 saturated carbocycles. The van der Waals surface area contributed by atoms with Crippen molar-refractivity contribution in [1.82, 2.24) is 25.5 Å². The van der Waals surface area contributed by atoms with Crippen LogP contribution < -0.4 is 5.32 Å². The van der Waals surface area contributed by atoms with E-state index >= 15 is 0 Å². The van der Waals surface area contributed by atoms with Crippen molar-refractivity contribution in [3.63, 3.8) is 0 Å². The minimum atomic E-state index is 0.579. The quantitative estimate of drug-likeness (QED) is 0.720. The van der Waals surface area contributed by atoms with Crippen LogP contribution in [0.2, 0.25) is 0 Å². The Balaban J connectivity index is 2.05. The van der Waals surface area contributed by atoms with Gasteiger partial charge in [0.1, 0.15) is 0 Å². The van der Waals surface area contributed by atoms with Crippen LogP contribution in [-0.2, 0) is 6.42 Å². The Labute approximate surface area is 126 Å². The zero-order valence-corrected chi connectivity index (χ0v) is 13.0. The zero-order chi connectivity index (χ0) is 14.9. The summed E-state index contributed by atoms with van der Waals surface area (Å²) in [5.74, 6) is 1.52. The normalized spacial score (nSPS) is 12.5. The van der Waals surface area contributed by atoms with E-state index in [9.17, 15) is 0 Å². The van der Waals surface area contributed by atoms with Gasteiger partial charge in [-0.3, -0.25) is 0 Å². The summed E-state index contributed by atoms with van der Waals surface area (Å²) >= 11 is 0. The molecule has 5 nitrogen and oxygen atoms in total. The van der Waals surface area contributed by atoms with Crippen LogP contribution in [0.25, 0.3) is 5.69 Å². The number of para-hydroxylation sites is 1. The fourth-order valence-electron chi connectivity index (χ4n) is 2.53. The third-order valence-electron chi connectivity index (χ3n) is 3.56. The molecule has 0 aliphatic heterocycles. The Kier molecular flexibility index (Phi) is 6.34. The lowest BCUT2D eigenvalue weighted by molar-refractivity contribution is 0.428. The van der Waals surface area contributed by atoms with Gasteiger partial charge in [0.25, 0.3) is 0 Å². The third-order valence-corrected chi connectivity index (χ3v) is 3.56. The molecule has 1 atom stereocenters. The van der Waals surface area contributed by atoms with Gasteiger partial charge in [-0.25, -0.2) is 0 Å². The third kappa shape index (κ3) is 4.63. The van der Waals surface area contributed by atoms with Gasteiger partial charge in [-0.05, 0) is 54.4 Å². The molecule has 0 amide bonds. The van der Waals surface area contributed by atoms with Crippen LogP contribution in [0.15, 0.2) is 30.3 Å². The molecule has 0 fully saturated rings. The van der Waals surface area contributed by atoms with Crippen molar-refractivity contribution >= 4 is 0 Å². The monoisotopic (exact) mass is 287 g/mol. The number of nitrogens with zero attached hydrogens (tertiary/aromatic N) is 4.